The van der Waals surface area contributed by atoms with Gasteiger partial charge in [0, 0.05) is 34.4 Å². The average molecular weight is 406 g/mol. The van der Waals surface area contributed by atoms with E-state index in [1.807, 2.05) is 17.9 Å². The lowest BCUT2D eigenvalue weighted by atomic mass is 10.3. The monoisotopic (exact) mass is 405 g/mol. The molecule has 1 saturated heterocycles. The second-order valence-electron chi connectivity index (χ2n) is 6.12. The third kappa shape index (κ3) is 4.20. The Morgan fingerprint density at radius 3 is 2.69 bits per heavy atom. The van der Waals surface area contributed by atoms with Gasteiger partial charge >= 0.3 is 0 Å². The molecule has 136 valence electrons. The van der Waals surface area contributed by atoms with Gasteiger partial charge in [-0.25, -0.2) is 9.97 Å². The molecule has 0 N–H and O–H groups in total. The number of aromatic nitrogens is 2. The van der Waals surface area contributed by atoms with Gasteiger partial charge in [0.15, 0.2) is 0 Å². The molecule has 0 atom stereocenters. The summed E-state index contributed by atoms with van der Waals surface area (Å²) in [5.74, 6) is 0.180. The fourth-order valence-electron chi connectivity index (χ4n) is 2.80. The Morgan fingerprint density at radius 1 is 1.15 bits per heavy atom. The highest BCUT2D eigenvalue weighted by molar-refractivity contribution is 7.16. The van der Waals surface area contributed by atoms with Gasteiger partial charge < -0.3 is 9.64 Å². The Morgan fingerprint density at radius 2 is 1.92 bits per heavy atom. The van der Waals surface area contributed by atoms with Crippen LogP contribution < -0.4 is 0 Å². The summed E-state index contributed by atoms with van der Waals surface area (Å²) in [5, 5.41) is 6.34. The van der Waals surface area contributed by atoms with E-state index >= 15 is 0 Å². The molecule has 1 fully saturated rings. The van der Waals surface area contributed by atoms with E-state index in [0.717, 1.165) is 37.6 Å². The van der Waals surface area contributed by atoms with Crippen molar-refractivity contribution in [1.29, 1.82) is 0 Å². The van der Waals surface area contributed by atoms with Crippen molar-refractivity contribution < 1.29 is 9.53 Å². The van der Waals surface area contributed by atoms with Crippen LogP contribution in [0.5, 0.6) is 0 Å². The fraction of sp³-hybridized carbons (Fsp3) is 0.389. The average Bonchev–Trinajstić information content (AvgIpc) is 3.38. The minimum Gasteiger partial charge on any atom is -0.378 e. The van der Waals surface area contributed by atoms with E-state index in [4.69, 9.17) is 9.72 Å². The standard InChI is InChI=1S/C18H19N3O2S3/c1-12-10-24-16(19-12)9-17-20-14(11-25-17)15-3-2-13(26-15)8-18(22)21-4-6-23-7-5-21/h2-3,10-11H,4-9H2,1H3. The van der Waals surface area contributed by atoms with Crippen molar-refractivity contribution in [3.05, 3.63) is 43.5 Å². The minimum atomic E-state index is 0.180. The van der Waals surface area contributed by atoms with E-state index < -0.39 is 0 Å². The molecule has 5 nitrogen and oxygen atoms in total. The zero-order valence-corrected chi connectivity index (χ0v) is 16.9. The summed E-state index contributed by atoms with van der Waals surface area (Å²) in [6, 6.07) is 4.11. The molecule has 0 radical (unpaired) electrons. The van der Waals surface area contributed by atoms with Crippen LogP contribution in [-0.4, -0.2) is 47.1 Å². The molecule has 0 aromatic carbocycles. The highest BCUT2D eigenvalue weighted by atomic mass is 32.1. The van der Waals surface area contributed by atoms with Gasteiger partial charge in [0.05, 0.1) is 41.6 Å². The first-order valence-corrected chi connectivity index (χ1v) is 11.0. The van der Waals surface area contributed by atoms with Gasteiger partial charge in [0.1, 0.15) is 5.01 Å². The SMILES string of the molecule is Cc1csc(Cc2nc(-c3ccc(CC(=O)N4CCOCC4)s3)cs2)n1. The summed E-state index contributed by atoms with van der Waals surface area (Å²) in [7, 11) is 0. The molecule has 4 heterocycles. The zero-order valence-electron chi connectivity index (χ0n) is 14.4. The number of carbonyl (C=O) groups is 1. The number of morpholine rings is 1. The van der Waals surface area contributed by atoms with Gasteiger partial charge in [0.25, 0.3) is 0 Å². The second-order valence-corrected chi connectivity index (χ2v) is 9.18. The van der Waals surface area contributed by atoms with E-state index in [0.29, 0.717) is 32.7 Å². The molecule has 3 aromatic rings. The van der Waals surface area contributed by atoms with Gasteiger partial charge in [-0.1, -0.05) is 0 Å². The van der Waals surface area contributed by atoms with Crippen molar-refractivity contribution >= 4 is 39.9 Å². The van der Waals surface area contributed by atoms with Crippen LogP contribution in [0.4, 0.5) is 0 Å². The highest BCUT2D eigenvalue weighted by Crippen LogP contribution is 2.30. The van der Waals surface area contributed by atoms with Gasteiger partial charge in [-0.15, -0.1) is 34.0 Å². The van der Waals surface area contributed by atoms with Gasteiger partial charge in [-0.3, -0.25) is 4.79 Å². The van der Waals surface area contributed by atoms with Crippen LogP contribution in [-0.2, 0) is 22.4 Å². The second kappa shape index (κ2) is 7.96. The normalized spacial score (nSPS) is 14.7. The summed E-state index contributed by atoms with van der Waals surface area (Å²) in [4.78, 5) is 25.7. The maximum atomic E-state index is 12.4. The lowest BCUT2D eigenvalue weighted by Gasteiger charge is -2.26. The first-order valence-electron chi connectivity index (χ1n) is 8.47. The van der Waals surface area contributed by atoms with Crippen molar-refractivity contribution in [3.8, 4) is 10.6 Å². The van der Waals surface area contributed by atoms with Crippen molar-refractivity contribution in [2.24, 2.45) is 0 Å². The number of carbonyl (C=O) groups excluding carboxylic acids is 1. The number of ether oxygens (including phenoxy) is 1. The molecule has 0 bridgehead atoms. The Balaban J connectivity index is 1.40. The van der Waals surface area contributed by atoms with Gasteiger partial charge in [0.2, 0.25) is 5.91 Å². The van der Waals surface area contributed by atoms with E-state index in [1.54, 1.807) is 34.0 Å². The third-order valence-electron chi connectivity index (χ3n) is 4.12. The molecule has 26 heavy (non-hydrogen) atoms. The molecule has 1 amide bonds. The molecule has 1 aliphatic heterocycles. The topological polar surface area (TPSA) is 55.3 Å². The van der Waals surface area contributed by atoms with Crippen LogP contribution in [0.3, 0.4) is 0 Å². The summed E-state index contributed by atoms with van der Waals surface area (Å²) >= 11 is 5.00. The summed E-state index contributed by atoms with van der Waals surface area (Å²) in [5.41, 5.74) is 2.06. The molecule has 1 aliphatic rings. The summed E-state index contributed by atoms with van der Waals surface area (Å²) < 4.78 is 5.31. The quantitative estimate of drug-likeness (QED) is 0.650. The number of aryl methyl sites for hydroxylation is 1. The molecule has 4 rings (SSSR count). The van der Waals surface area contributed by atoms with E-state index in [1.165, 1.54) is 0 Å². The van der Waals surface area contributed by atoms with Crippen molar-refractivity contribution in [2.75, 3.05) is 26.3 Å². The molecule has 0 spiro atoms. The molecule has 8 heteroatoms. The van der Waals surface area contributed by atoms with Crippen LogP contribution >= 0.6 is 34.0 Å². The van der Waals surface area contributed by atoms with Crippen molar-refractivity contribution in [1.82, 2.24) is 14.9 Å². The number of amides is 1. The summed E-state index contributed by atoms with van der Waals surface area (Å²) in [6.45, 7) is 4.69. The maximum absolute atomic E-state index is 12.4. The molecule has 3 aromatic heterocycles. The molecule has 0 aliphatic carbocycles. The molecule has 0 saturated carbocycles. The fourth-order valence-corrected chi connectivity index (χ4v) is 5.50. The predicted octanol–water partition coefficient (Wildman–Crippen LogP) is 3.63. The van der Waals surface area contributed by atoms with Gasteiger partial charge in [-0.2, -0.15) is 0 Å². The molecule has 0 unspecified atom stereocenters. The summed E-state index contributed by atoms with van der Waals surface area (Å²) in [6.07, 6.45) is 1.25. The number of thiophene rings is 1. The van der Waals surface area contributed by atoms with Crippen LogP contribution in [0.15, 0.2) is 22.9 Å². The predicted molar refractivity (Wildman–Crippen MR) is 106 cm³/mol. The molecular weight excluding hydrogens is 386 g/mol. The Kier molecular flexibility index (Phi) is 5.44. The lowest BCUT2D eigenvalue weighted by molar-refractivity contribution is -0.134. The van der Waals surface area contributed by atoms with E-state index in [2.05, 4.69) is 21.8 Å². The Labute approximate surface area is 164 Å². The number of nitrogens with zero attached hydrogens (tertiary/aromatic N) is 3. The smallest absolute Gasteiger partial charge is 0.227 e. The van der Waals surface area contributed by atoms with Crippen LogP contribution in [0.1, 0.15) is 20.6 Å². The van der Waals surface area contributed by atoms with Crippen LogP contribution in [0, 0.1) is 6.92 Å². The first-order chi connectivity index (χ1) is 12.7. The number of thiazole rings is 2. The largest absolute Gasteiger partial charge is 0.378 e. The number of hydrogen-bond acceptors (Lipinski definition) is 7. The number of rotatable bonds is 5. The molecular formula is C18H19N3O2S3. The number of hydrogen-bond donors (Lipinski definition) is 0. The first kappa shape index (κ1) is 17.8. The Hall–Kier alpha value is -1.61. The third-order valence-corrected chi connectivity index (χ3v) is 7.05. The minimum absolute atomic E-state index is 0.180. The highest BCUT2D eigenvalue weighted by Gasteiger charge is 2.18. The lowest BCUT2D eigenvalue weighted by Crippen LogP contribution is -2.41. The van der Waals surface area contributed by atoms with Crippen molar-refractivity contribution in [2.45, 2.75) is 19.8 Å². The van der Waals surface area contributed by atoms with Crippen LogP contribution in [0.2, 0.25) is 0 Å². The van der Waals surface area contributed by atoms with E-state index in [9.17, 15) is 4.79 Å². The maximum Gasteiger partial charge on any atom is 0.227 e. The Bertz CT molecular complexity index is 893. The van der Waals surface area contributed by atoms with Crippen molar-refractivity contribution in [3.63, 3.8) is 0 Å². The van der Waals surface area contributed by atoms with E-state index in [-0.39, 0.29) is 5.91 Å². The van der Waals surface area contributed by atoms with Gasteiger partial charge in [-0.05, 0) is 19.1 Å². The zero-order chi connectivity index (χ0) is 17.9. The van der Waals surface area contributed by atoms with Crippen LogP contribution in [0.25, 0.3) is 10.6 Å².